The van der Waals surface area contributed by atoms with Gasteiger partial charge in [-0.3, -0.25) is 4.84 Å². The maximum absolute atomic E-state index is 5.49. The summed E-state index contributed by atoms with van der Waals surface area (Å²) in [7, 11) is 3.32. The van der Waals surface area contributed by atoms with Crippen molar-refractivity contribution >= 4 is 22.9 Å². The molecule has 0 aliphatic rings. The van der Waals surface area contributed by atoms with Gasteiger partial charge < -0.3 is 4.74 Å². The second kappa shape index (κ2) is 5.79. The van der Waals surface area contributed by atoms with Crippen molar-refractivity contribution in [2.24, 2.45) is 0 Å². The van der Waals surface area contributed by atoms with Crippen LogP contribution >= 0.6 is 22.9 Å². The van der Waals surface area contributed by atoms with Crippen molar-refractivity contribution in [2.75, 3.05) is 14.2 Å². The molecule has 0 radical (unpaired) electrons. The molecule has 0 saturated carbocycles. The number of halogens is 1. The highest BCUT2D eigenvalue weighted by molar-refractivity contribution is 14.1. The molecule has 1 rings (SSSR count). The van der Waals surface area contributed by atoms with E-state index in [9.17, 15) is 0 Å². The minimum absolute atomic E-state index is 0.448. The Hall–Kier alpha value is -0.170. The zero-order chi connectivity index (χ0) is 11.3. The molecular weight excluding hydrogens is 305 g/mol. The number of ether oxygens (including phenoxy) is 1. The molecule has 0 saturated heterocycles. The van der Waals surface area contributed by atoms with E-state index in [1.807, 2.05) is 25.1 Å². The predicted octanol–water partition coefficient (Wildman–Crippen LogP) is 2.81. The minimum atomic E-state index is -0.448. The summed E-state index contributed by atoms with van der Waals surface area (Å²) in [4.78, 5) is 5.17. The molecule has 0 aromatic heterocycles. The summed E-state index contributed by atoms with van der Waals surface area (Å²) in [5, 5.41) is 0. The molecule has 1 aromatic rings. The van der Waals surface area contributed by atoms with Crippen LogP contribution in [0, 0.1) is 0 Å². The summed E-state index contributed by atoms with van der Waals surface area (Å²) in [6, 6.07) is 10.2. The zero-order valence-corrected chi connectivity index (χ0v) is 11.4. The third kappa shape index (κ3) is 3.41. The van der Waals surface area contributed by atoms with E-state index >= 15 is 0 Å². The molecule has 0 spiro atoms. The Bertz CT molecular complexity index is 294. The Balaban J connectivity index is 2.77. The van der Waals surface area contributed by atoms with Crippen LogP contribution < -0.4 is 0 Å². The van der Waals surface area contributed by atoms with Crippen molar-refractivity contribution in [3.63, 3.8) is 0 Å². The largest absolute Gasteiger partial charge is 0.361 e. The van der Waals surface area contributed by atoms with Crippen LogP contribution in [0.2, 0.25) is 0 Å². The standard InChI is InChI=1S/C11H16INO2/c1-11(14-2,13(12)15-3)9-10-7-5-4-6-8-10/h4-8H,9H2,1-3H3. The number of rotatable bonds is 5. The van der Waals surface area contributed by atoms with Crippen molar-refractivity contribution in [1.82, 2.24) is 3.28 Å². The van der Waals surface area contributed by atoms with Crippen molar-refractivity contribution in [3.8, 4) is 0 Å². The molecule has 0 bridgehead atoms. The van der Waals surface area contributed by atoms with Crippen molar-refractivity contribution in [3.05, 3.63) is 35.9 Å². The number of methoxy groups -OCH3 is 1. The van der Waals surface area contributed by atoms with Crippen molar-refractivity contribution in [2.45, 2.75) is 19.1 Å². The van der Waals surface area contributed by atoms with Gasteiger partial charge in [0.05, 0.1) is 30.0 Å². The second-order valence-corrected chi connectivity index (χ2v) is 4.35. The average molecular weight is 321 g/mol. The monoisotopic (exact) mass is 321 g/mol. The summed E-state index contributed by atoms with van der Waals surface area (Å²) in [6.07, 6.45) is 0.779. The lowest BCUT2D eigenvalue weighted by molar-refractivity contribution is -0.201. The lowest BCUT2D eigenvalue weighted by Gasteiger charge is -2.33. The van der Waals surface area contributed by atoms with E-state index in [1.54, 1.807) is 17.5 Å². The van der Waals surface area contributed by atoms with E-state index in [0.717, 1.165) is 6.42 Å². The van der Waals surface area contributed by atoms with E-state index < -0.39 is 5.72 Å². The maximum atomic E-state index is 5.49. The van der Waals surface area contributed by atoms with Gasteiger partial charge in [-0.05, 0) is 12.5 Å². The highest BCUT2D eigenvalue weighted by Gasteiger charge is 2.31. The summed E-state index contributed by atoms with van der Waals surface area (Å²) >= 11 is 2.10. The van der Waals surface area contributed by atoms with E-state index in [-0.39, 0.29) is 0 Å². The molecule has 0 aliphatic heterocycles. The van der Waals surface area contributed by atoms with Crippen molar-refractivity contribution < 1.29 is 9.57 Å². The number of hydroxylamine groups is 1. The van der Waals surface area contributed by atoms with Crippen LogP contribution in [0.1, 0.15) is 12.5 Å². The number of nitrogens with zero attached hydrogens (tertiary/aromatic N) is 1. The van der Waals surface area contributed by atoms with Gasteiger partial charge in [0.15, 0.2) is 5.72 Å². The SMILES string of the molecule is CON(I)C(C)(Cc1ccccc1)OC. The quantitative estimate of drug-likeness (QED) is 0.360. The van der Waals surface area contributed by atoms with Crippen LogP contribution in [-0.2, 0) is 16.0 Å². The van der Waals surface area contributed by atoms with Gasteiger partial charge >= 0.3 is 0 Å². The second-order valence-electron chi connectivity index (χ2n) is 3.47. The smallest absolute Gasteiger partial charge is 0.154 e. The number of benzene rings is 1. The Morgan fingerprint density at radius 2 is 1.87 bits per heavy atom. The van der Waals surface area contributed by atoms with Crippen molar-refractivity contribution in [1.29, 1.82) is 0 Å². The molecule has 0 fully saturated rings. The molecule has 1 aromatic carbocycles. The Morgan fingerprint density at radius 3 is 2.33 bits per heavy atom. The van der Waals surface area contributed by atoms with Crippen LogP contribution in [0.4, 0.5) is 0 Å². The molecule has 0 heterocycles. The average Bonchev–Trinajstić information content (AvgIpc) is 2.29. The molecule has 4 heteroatoms. The molecule has 3 nitrogen and oxygen atoms in total. The number of hydrogen-bond acceptors (Lipinski definition) is 3. The predicted molar refractivity (Wildman–Crippen MR) is 68.4 cm³/mol. The van der Waals surface area contributed by atoms with Crippen LogP contribution in [0.3, 0.4) is 0 Å². The van der Waals surface area contributed by atoms with Gasteiger partial charge in [0, 0.05) is 13.5 Å². The van der Waals surface area contributed by atoms with Gasteiger partial charge in [0.1, 0.15) is 0 Å². The van der Waals surface area contributed by atoms with E-state index in [2.05, 4.69) is 35.0 Å². The fourth-order valence-electron chi connectivity index (χ4n) is 1.37. The molecule has 15 heavy (non-hydrogen) atoms. The van der Waals surface area contributed by atoms with Crippen LogP contribution in [0.15, 0.2) is 30.3 Å². The Morgan fingerprint density at radius 1 is 1.27 bits per heavy atom. The summed E-state index contributed by atoms with van der Waals surface area (Å²) in [6.45, 7) is 2.00. The first-order chi connectivity index (χ1) is 7.12. The van der Waals surface area contributed by atoms with Crippen LogP contribution in [0.25, 0.3) is 0 Å². The van der Waals surface area contributed by atoms with E-state index in [0.29, 0.717) is 0 Å². The van der Waals surface area contributed by atoms with Gasteiger partial charge in [-0.1, -0.05) is 33.6 Å². The Kier molecular flexibility index (Phi) is 4.98. The lowest BCUT2D eigenvalue weighted by Crippen LogP contribution is -2.43. The molecular formula is C11H16INO2. The van der Waals surface area contributed by atoms with Gasteiger partial charge in [-0.25, -0.2) is 0 Å². The third-order valence-corrected chi connectivity index (χ3v) is 3.76. The molecule has 1 unspecified atom stereocenters. The lowest BCUT2D eigenvalue weighted by atomic mass is 10.1. The number of hydrogen-bond donors (Lipinski definition) is 0. The maximum Gasteiger partial charge on any atom is 0.154 e. The van der Waals surface area contributed by atoms with Gasteiger partial charge in [0.2, 0.25) is 0 Å². The molecule has 0 aliphatic carbocycles. The van der Waals surface area contributed by atoms with E-state index in [1.165, 1.54) is 5.56 Å². The summed E-state index contributed by atoms with van der Waals surface area (Å²) < 4.78 is 7.18. The first kappa shape index (κ1) is 12.9. The van der Waals surface area contributed by atoms with Crippen LogP contribution in [0.5, 0.6) is 0 Å². The molecule has 0 amide bonds. The van der Waals surface area contributed by atoms with Crippen LogP contribution in [-0.4, -0.2) is 23.2 Å². The normalized spacial score (nSPS) is 15.3. The molecule has 84 valence electrons. The first-order valence-corrected chi connectivity index (χ1v) is 5.68. The zero-order valence-electron chi connectivity index (χ0n) is 9.24. The van der Waals surface area contributed by atoms with Gasteiger partial charge in [-0.15, -0.1) is 0 Å². The fraction of sp³-hybridized carbons (Fsp3) is 0.455. The molecule has 1 atom stereocenters. The highest BCUT2D eigenvalue weighted by Crippen LogP contribution is 2.25. The topological polar surface area (TPSA) is 21.7 Å². The minimum Gasteiger partial charge on any atom is -0.361 e. The summed E-state index contributed by atoms with van der Waals surface area (Å²) in [5.74, 6) is 0. The third-order valence-electron chi connectivity index (χ3n) is 2.35. The first-order valence-electron chi connectivity index (χ1n) is 4.71. The highest BCUT2D eigenvalue weighted by atomic mass is 127. The van der Waals surface area contributed by atoms with E-state index in [4.69, 9.17) is 9.57 Å². The Labute approximate surface area is 105 Å². The summed E-state index contributed by atoms with van der Waals surface area (Å²) in [5.41, 5.74) is 0.775. The molecule has 0 N–H and O–H groups in total. The van der Waals surface area contributed by atoms with Gasteiger partial charge in [-0.2, -0.15) is 0 Å². The van der Waals surface area contributed by atoms with Gasteiger partial charge in [0.25, 0.3) is 0 Å². The fourth-order valence-corrected chi connectivity index (χ4v) is 1.74.